The maximum absolute atomic E-state index is 12.0. The fourth-order valence-corrected chi connectivity index (χ4v) is 2.07. The highest BCUT2D eigenvalue weighted by Crippen LogP contribution is 2.28. The fraction of sp³-hybridized carbons (Fsp3) is 0.900. The molecule has 0 aliphatic heterocycles. The summed E-state index contributed by atoms with van der Waals surface area (Å²) in [6.07, 6.45) is -2.22. The fourth-order valence-electron chi connectivity index (χ4n) is 2.07. The van der Waals surface area contributed by atoms with Crippen molar-refractivity contribution in [3.8, 4) is 0 Å². The van der Waals surface area contributed by atoms with Crippen LogP contribution in [0.15, 0.2) is 0 Å². The number of aliphatic hydroxyl groups is 1. The van der Waals surface area contributed by atoms with Gasteiger partial charge >= 0.3 is 6.18 Å². The monoisotopic (exact) mass is 239 g/mol. The number of carbonyl (C=O) groups excluding carboxylic acids is 1. The first-order valence-electron chi connectivity index (χ1n) is 5.36. The van der Waals surface area contributed by atoms with Crippen LogP contribution in [0.3, 0.4) is 0 Å². The van der Waals surface area contributed by atoms with Crippen molar-refractivity contribution in [3.05, 3.63) is 0 Å². The molecule has 0 heterocycles. The third kappa shape index (κ3) is 4.00. The molecule has 1 fully saturated rings. The SMILES string of the molecule is O=C(CC(F)(F)F)NC1(CO)CCCCC1. The zero-order valence-corrected chi connectivity index (χ0v) is 8.94. The molecule has 2 N–H and O–H groups in total. The summed E-state index contributed by atoms with van der Waals surface area (Å²) >= 11 is 0. The molecule has 0 spiro atoms. The normalized spacial score (nSPS) is 20.5. The number of halogens is 3. The van der Waals surface area contributed by atoms with Crippen LogP contribution in [0.4, 0.5) is 13.2 Å². The molecule has 0 atom stereocenters. The van der Waals surface area contributed by atoms with E-state index in [9.17, 15) is 23.1 Å². The first kappa shape index (κ1) is 13.3. The molecule has 1 saturated carbocycles. The Kier molecular flexibility index (Phi) is 4.18. The van der Waals surface area contributed by atoms with Gasteiger partial charge in [-0.25, -0.2) is 0 Å². The zero-order chi connectivity index (χ0) is 12.2. The van der Waals surface area contributed by atoms with E-state index < -0.39 is 24.0 Å². The van der Waals surface area contributed by atoms with E-state index >= 15 is 0 Å². The Hall–Kier alpha value is -0.780. The molecule has 1 rings (SSSR count). The number of rotatable bonds is 3. The van der Waals surface area contributed by atoms with E-state index in [0.29, 0.717) is 12.8 Å². The van der Waals surface area contributed by atoms with Gasteiger partial charge in [0.2, 0.25) is 5.91 Å². The Balaban J connectivity index is 2.52. The average molecular weight is 239 g/mol. The molecule has 0 bridgehead atoms. The number of hydrogen-bond acceptors (Lipinski definition) is 2. The summed E-state index contributed by atoms with van der Waals surface area (Å²) in [6, 6.07) is 0. The maximum atomic E-state index is 12.0. The highest BCUT2D eigenvalue weighted by Gasteiger charge is 2.37. The van der Waals surface area contributed by atoms with Gasteiger partial charge in [-0.1, -0.05) is 19.3 Å². The van der Waals surface area contributed by atoms with E-state index in [1.807, 2.05) is 0 Å². The average Bonchev–Trinajstić information content (AvgIpc) is 2.16. The minimum absolute atomic E-state index is 0.295. The number of carbonyl (C=O) groups is 1. The third-order valence-corrected chi connectivity index (χ3v) is 2.88. The van der Waals surface area contributed by atoms with Crippen LogP contribution in [0.1, 0.15) is 38.5 Å². The van der Waals surface area contributed by atoms with Gasteiger partial charge in [-0.2, -0.15) is 13.2 Å². The Morgan fingerprint density at radius 3 is 2.25 bits per heavy atom. The predicted molar refractivity (Wildman–Crippen MR) is 51.7 cm³/mol. The molecular formula is C10H16F3NO2. The Labute approximate surface area is 92.0 Å². The molecular weight excluding hydrogens is 223 g/mol. The third-order valence-electron chi connectivity index (χ3n) is 2.88. The second-order valence-electron chi connectivity index (χ2n) is 4.34. The highest BCUT2D eigenvalue weighted by atomic mass is 19.4. The molecule has 94 valence electrons. The molecule has 0 aromatic carbocycles. The molecule has 0 aromatic heterocycles. The van der Waals surface area contributed by atoms with E-state index in [1.165, 1.54) is 0 Å². The first-order chi connectivity index (χ1) is 7.37. The van der Waals surface area contributed by atoms with Gasteiger partial charge in [0.15, 0.2) is 0 Å². The first-order valence-corrected chi connectivity index (χ1v) is 5.36. The maximum Gasteiger partial charge on any atom is 0.397 e. The molecule has 0 saturated heterocycles. The van der Waals surface area contributed by atoms with E-state index in [1.54, 1.807) is 0 Å². The van der Waals surface area contributed by atoms with Crippen LogP contribution in [-0.2, 0) is 4.79 Å². The van der Waals surface area contributed by atoms with Crippen molar-refractivity contribution in [1.82, 2.24) is 5.32 Å². The summed E-state index contributed by atoms with van der Waals surface area (Å²) in [5.41, 5.74) is -0.833. The largest absolute Gasteiger partial charge is 0.397 e. The Morgan fingerprint density at radius 2 is 1.81 bits per heavy atom. The van der Waals surface area contributed by atoms with Crippen LogP contribution in [0.5, 0.6) is 0 Å². The zero-order valence-electron chi connectivity index (χ0n) is 8.94. The number of hydrogen-bond donors (Lipinski definition) is 2. The van der Waals surface area contributed by atoms with Gasteiger partial charge in [0.1, 0.15) is 6.42 Å². The van der Waals surface area contributed by atoms with Crippen LogP contribution in [0.25, 0.3) is 0 Å². The van der Waals surface area contributed by atoms with Gasteiger partial charge in [0.25, 0.3) is 0 Å². The van der Waals surface area contributed by atoms with Gasteiger partial charge < -0.3 is 10.4 Å². The molecule has 1 amide bonds. The highest BCUT2D eigenvalue weighted by molar-refractivity contribution is 5.77. The lowest BCUT2D eigenvalue weighted by Crippen LogP contribution is -2.53. The summed E-state index contributed by atoms with van der Waals surface area (Å²) in [5, 5.41) is 11.5. The van der Waals surface area contributed by atoms with E-state index in [0.717, 1.165) is 19.3 Å². The summed E-state index contributed by atoms with van der Waals surface area (Å²) in [5.74, 6) is -1.05. The quantitative estimate of drug-likeness (QED) is 0.788. The van der Waals surface area contributed by atoms with Crippen molar-refractivity contribution < 1.29 is 23.1 Å². The van der Waals surface area contributed by atoms with Crippen molar-refractivity contribution in [3.63, 3.8) is 0 Å². The van der Waals surface area contributed by atoms with Crippen molar-refractivity contribution in [2.45, 2.75) is 50.2 Å². The smallest absolute Gasteiger partial charge is 0.394 e. The summed E-state index contributed by atoms with van der Waals surface area (Å²) in [6.45, 7) is -0.295. The number of aliphatic hydroxyl groups excluding tert-OH is 1. The second kappa shape index (κ2) is 5.03. The molecule has 1 aliphatic carbocycles. The van der Waals surface area contributed by atoms with Crippen molar-refractivity contribution in [1.29, 1.82) is 0 Å². The van der Waals surface area contributed by atoms with E-state index in [2.05, 4.69) is 5.32 Å². The number of amides is 1. The molecule has 0 unspecified atom stereocenters. The van der Waals surface area contributed by atoms with Crippen LogP contribution >= 0.6 is 0 Å². The predicted octanol–water partition coefficient (Wildman–Crippen LogP) is 1.75. The van der Waals surface area contributed by atoms with Crippen LogP contribution in [0, 0.1) is 0 Å². The van der Waals surface area contributed by atoms with Crippen molar-refractivity contribution in [2.24, 2.45) is 0 Å². The van der Waals surface area contributed by atoms with Crippen molar-refractivity contribution in [2.75, 3.05) is 6.61 Å². The summed E-state index contributed by atoms with van der Waals surface area (Å²) < 4.78 is 35.9. The molecule has 3 nitrogen and oxygen atoms in total. The minimum Gasteiger partial charge on any atom is -0.394 e. The Morgan fingerprint density at radius 1 is 1.25 bits per heavy atom. The van der Waals surface area contributed by atoms with E-state index in [4.69, 9.17) is 0 Å². The lowest BCUT2D eigenvalue weighted by Gasteiger charge is -2.36. The molecule has 6 heteroatoms. The molecule has 1 aliphatic rings. The van der Waals surface area contributed by atoms with Gasteiger partial charge in [0, 0.05) is 0 Å². The second-order valence-corrected chi connectivity index (χ2v) is 4.34. The summed E-state index contributed by atoms with van der Waals surface area (Å²) in [7, 11) is 0. The van der Waals surface area contributed by atoms with Crippen LogP contribution < -0.4 is 5.32 Å². The molecule has 0 aromatic rings. The Bertz CT molecular complexity index is 247. The van der Waals surface area contributed by atoms with Crippen molar-refractivity contribution >= 4 is 5.91 Å². The lowest BCUT2D eigenvalue weighted by molar-refractivity contribution is -0.155. The van der Waals surface area contributed by atoms with Gasteiger partial charge in [-0.3, -0.25) is 4.79 Å². The van der Waals surface area contributed by atoms with Crippen LogP contribution in [-0.4, -0.2) is 29.3 Å². The molecule has 0 radical (unpaired) electrons. The number of nitrogens with one attached hydrogen (secondary N) is 1. The standard InChI is InChI=1S/C10H16F3NO2/c11-10(12,13)6-8(16)14-9(7-15)4-2-1-3-5-9/h15H,1-7H2,(H,14,16). The van der Waals surface area contributed by atoms with Gasteiger partial charge in [-0.05, 0) is 12.8 Å². The van der Waals surface area contributed by atoms with E-state index in [-0.39, 0.29) is 6.61 Å². The minimum atomic E-state index is -4.49. The topological polar surface area (TPSA) is 49.3 Å². The van der Waals surface area contributed by atoms with Gasteiger partial charge in [-0.15, -0.1) is 0 Å². The van der Waals surface area contributed by atoms with Gasteiger partial charge in [0.05, 0.1) is 12.1 Å². The van der Waals surface area contributed by atoms with Crippen LogP contribution in [0.2, 0.25) is 0 Å². The molecule has 16 heavy (non-hydrogen) atoms. The number of alkyl halides is 3. The summed E-state index contributed by atoms with van der Waals surface area (Å²) in [4.78, 5) is 11.1. The lowest BCUT2D eigenvalue weighted by atomic mass is 9.82.